The van der Waals surface area contributed by atoms with Crippen molar-refractivity contribution in [3.63, 3.8) is 0 Å². The normalized spacial score (nSPS) is 11.6. The Bertz CT molecular complexity index is 1390. The molecule has 0 aliphatic carbocycles. The van der Waals surface area contributed by atoms with E-state index in [2.05, 4.69) is 36.2 Å². The number of hydrogen-bond acceptors (Lipinski definition) is 2. The van der Waals surface area contributed by atoms with E-state index in [0.717, 1.165) is 38.6 Å². The molecule has 4 heteroatoms. The number of benzene rings is 3. The van der Waals surface area contributed by atoms with Crippen molar-refractivity contribution in [1.29, 1.82) is 0 Å². The molecule has 0 spiro atoms. The van der Waals surface area contributed by atoms with Gasteiger partial charge in [0.25, 0.3) is 0 Å². The minimum Gasteiger partial charge on any atom is -0.456 e. The van der Waals surface area contributed by atoms with Gasteiger partial charge < -0.3 is 14.3 Å². The number of aromatic amines is 1. The van der Waals surface area contributed by atoms with E-state index < -0.39 is 0 Å². The van der Waals surface area contributed by atoms with E-state index in [-0.39, 0.29) is 12.6 Å². The summed E-state index contributed by atoms with van der Waals surface area (Å²) in [6.45, 7) is 4.39. The zero-order chi connectivity index (χ0) is 20.1. The van der Waals surface area contributed by atoms with Crippen LogP contribution in [0.2, 0.25) is 0 Å². The highest BCUT2D eigenvalue weighted by Crippen LogP contribution is 2.36. The molecule has 29 heavy (non-hydrogen) atoms. The van der Waals surface area contributed by atoms with Crippen molar-refractivity contribution in [3.8, 4) is 0 Å². The van der Waals surface area contributed by atoms with Gasteiger partial charge in [-0.1, -0.05) is 48.5 Å². The number of nitrogens with zero attached hydrogens (tertiary/aromatic N) is 1. The summed E-state index contributed by atoms with van der Waals surface area (Å²) in [6, 6.07) is 20.3. The Morgan fingerprint density at radius 1 is 0.966 bits per heavy atom. The van der Waals surface area contributed by atoms with Crippen molar-refractivity contribution >= 4 is 38.7 Å². The molecule has 0 amide bonds. The van der Waals surface area contributed by atoms with Crippen LogP contribution in [0.15, 0.2) is 60.7 Å². The van der Waals surface area contributed by atoms with Crippen LogP contribution in [0.4, 0.5) is 0 Å². The van der Waals surface area contributed by atoms with Crippen LogP contribution in [0.3, 0.4) is 0 Å². The van der Waals surface area contributed by atoms with Gasteiger partial charge in [0.15, 0.2) is 0 Å². The molecule has 0 saturated carbocycles. The van der Waals surface area contributed by atoms with Gasteiger partial charge in [-0.3, -0.25) is 0 Å². The molecule has 0 saturated heterocycles. The Morgan fingerprint density at radius 2 is 1.69 bits per heavy atom. The summed E-state index contributed by atoms with van der Waals surface area (Å²) in [5.41, 5.74) is 6.99. The highest BCUT2D eigenvalue weighted by molar-refractivity contribution is 6.15. The van der Waals surface area contributed by atoms with Gasteiger partial charge in [0.05, 0.1) is 5.52 Å². The maximum Gasteiger partial charge on any atom is 0.355 e. The predicted octanol–water partition coefficient (Wildman–Crippen LogP) is 5.79. The van der Waals surface area contributed by atoms with Crippen LogP contribution in [0.25, 0.3) is 32.7 Å². The van der Waals surface area contributed by atoms with Crippen LogP contribution in [0.5, 0.6) is 0 Å². The summed E-state index contributed by atoms with van der Waals surface area (Å²) in [7, 11) is 1.94. The van der Waals surface area contributed by atoms with E-state index in [1.807, 2.05) is 54.9 Å². The highest BCUT2D eigenvalue weighted by atomic mass is 16.5. The third-order valence-corrected chi connectivity index (χ3v) is 5.87. The molecule has 5 rings (SSSR count). The number of aromatic nitrogens is 2. The first-order valence-electron chi connectivity index (χ1n) is 9.76. The lowest BCUT2D eigenvalue weighted by atomic mass is 10.0. The Morgan fingerprint density at radius 3 is 2.48 bits per heavy atom. The smallest absolute Gasteiger partial charge is 0.355 e. The summed E-state index contributed by atoms with van der Waals surface area (Å²) in [5.74, 6) is -0.294. The van der Waals surface area contributed by atoms with Gasteiger partial charge in [0.1, 0.15) is 12.3 Å². The molecule has 2 heterocycles. The monoisotopic (exact) mass is 382 g/mol. The molecule has 0 radical (unpaired) electrons. The fourth-order valence-electron chi connectivity index (χ4n) is 4.45. The van der Waals surface area contributed by atoms with E-state index in [1.54, 1.807) is 0 Å². The van der Waals surface area contributed by atoms with Crippen LogP contribution < -0.4 is 0 Å². The number of nitrogens with one attached hydrogen (secondary N) is 1. The Balaban J connectivity index is 1.64. The Labute approximate surface area is 168 Å². The van der Waals surface area contributed by atoms with Gasteiger partial charge in [0, 0.05) is 34.2 Å². The molecule has 0 aliphatic heterocycles. The largest absolute Gasteiger partial charge is 0.456 e. The van der Waals surface area contributed by atoms with E-state index in [9.17, 15) is 4.79 Å². The summed E-state index contributed by atoms with van der Waals surface area (Å²) in [6.07, 6.45) is 0. The Hall–Kier alpha value is -3.53. The minimum atomic E-state index is -0.294. The highest BCUT2D eigenvalue weighted by Gasteiger charge is 2.23. The van der Waals surface area contributed by atoms with E-state index in [0.29, 0.717) is 5.69 Å². The summed E-state index contributed by atoms with van der Waals surface area (Å²) in [4.78, 5) is 16.5. The third-order valence-electron chi connectivity index (χ3n) is 5.87. The maximum absolute atomic E-state index is 12.9. The number of esters is 1. The zero-order valence-corrected chi connectivity index (χ0v) is 16.7. The molecular weight excluding hydrogens is 360 g/mol. The lowest BCUT2D eigenvalue weighted by Crippen LogP contribution is -2.11. The zero-order valence-electron chi connectivity index (χ0n) is 16.7. The van der Waals surface area contributed by atoms with Gasteiger partial charge in [0.2, 0.25) is 0 Å². The first-order valence-corrected chi connectivity index (χ1v) is 9.76. The first kappa shape index (κ1) is 17.6. The first-order chi connectivity index (χ1) is 14.1. The van der Waals surface area contributed by atoms with Crippen molar-refractivity contribution in [2.75, 3.05) is 0 Å². The average molecular weight is 382 g/mol. The molecule has 0 bridgehead atoms. The quantitative estimate of drug-likeness (QED) is 0.402. The second-order valence-corrected chi connectivity index (χ2v) is 7.58. The standard InChI is InChI=1S/C25H22N2O2/c1-15-22-16(2)24(25(28)29-14-17-9-5-4-6-10-17)27(3)21(22)13-19-18-11-7-8-12-20(18)26-23(15)19/h4-13,26H,14H2,1-3H3. The number of carbonyl (C=O) groups is 1. The molecule has 1 N–H and O–H groups in total. The molecule has 4 nitrogen and oxygen atoms in total. The van der Waals surface area contributed by atoms with Crippen molar-refractivity contribution in [3.05, 3.63) is 83.0 Å². The number of aryl methyl sites for hydroxylation is 3. The van der Waals surface area contributed by atoms with E-state index in [4.69, 9.17) is 4.74 Å². The number of carbonyl (C=O) groups excluding carboxylic acids is 1. The topological polar surface area (TPSA) is 47.0 Å². The van der Waals surface area contributed by atoms with E-state index in [1.165, 1.54) is 10.8 Å². The number of para-hydroxylation sites is 1. The molecule has 0 aliphatic rings. The fourth-order valence-corrected chi connectivity index (χ4v) is 4.45. The molecule has 5 aromatic rings. The van der Waals surface area contributed by atoms with Crippen LogP contribution >= 0.6 is 0 Å². The van der Waals surface area contributed by atoms with Gasteiger partial charge in [-0.2, -0.15) is 0 Å². The summed E-state index contributed by atoms with van der Waals surface area (Å²) in [5, 5.41) is 3.48. The minimum absolute atomic E-state index is 0.269. The van der Waals surface area contributed by atoms with E-state index >= 15 is 0 Å². The van der Waals surface area contributed by atoms with Gasteiger partial charge >= 0.3 is 5.97 Å². The maximum atomic E-state index is 12.9. The SMILES string of the molecule is Cc1c(C(=O)OCc2ccccc2)n(C)c2cc3c([nH]c4ccccc43)c(C)c12. The molecule has 0 atom stereocenters. The molecule has 2 aromatic heterocycles. The fraction of sp³-hybridized carbons (Fsp3) is 0.160. The van der Waals surface area contributed by atoms with Crippen molar-refractivity contribution in [1.82, 2.24) is 9.55 Å². The molecule has 0 fully saturated rings. The van der Waals surface area contributed by atoms with Crippen LogP contribution in [-0.2, 0) is 18.4 Å². The lowest BCUT2D eigenvalue weighted by molar-refractivity contribution is 0.0461. The number of hydrogen-bond donors (Lipinski definition) is 1. The van der Waals surface area contributed by atoms with Gasteiger partial charge in [-0.15, -0.1) is 0 Å². The van der Waals surface area contributed by atoms with Crippen molar-refractivity contribution in [2.45, 2.75) is 20.5 Å². The Kier molecular flexibility index (Phi) is 3.95. The second kappa shape index (κ2) is 6.52. The number of fused-ring (bicyclic) bond motifs is 4. The average Bonchev–Trinajstić information content (AvgIpc) is 3.23. The van der Waals surface area contributed by atoms with Crippen LogP contribution in [0, 0.1) is 13.8 Å². The number of rotatable bonds is 3. The predicted molar refractivity (Wildman–Crippen MR) is 117 cm³/mol. The molecular formula is C25H22N2O2. The molecule has 3 aromatic carbocycles. The van der Waals surface area contributed by atoms with Gasteiger partial charge in [-0.25, -0.2) is 4.79 Å². The number of H-pyrrole nitrogens is 1. The number of ether oxygens (including phenoxy) is 1. The van der Waals surface area contributed by atoms with Crippen LogP contribution in [0.1, 0.15) is 27.2 Å². The lowest BCUT2D eigenvalue weighted by Gasteiger charge is -2.07. The van der Waals surface area contributed by atoms with Gasteiger partial charge in [-0.05, 0) is 42.7 Å². The van der Waals surface area contributed by atoms with Crippen molar-refractivity contribution in [2.24, 2.45) is 7.05 Å². The van der Waals surface area contributed by atoms with Crippen LogP contribution in [-0.4, -0.2) is 15.5 Å². The third kappa shape index (κ3) is 2.64. The second-order valence-electron chi connectivity index (χ2n) is 7.58. The molecule has 0 unspecified atom stereocenters. The molecule has 144 valence electrons. The van der Waals surface area contributed by atoms with Crippen molar-refractivity contribution < 1.29 is 9.53 Å². The summed E-state index contributed by atoms with van der Waals surface area (Å²) < 4.78 is 7.59. The summed E-state index contributed by atoms with van der Waals surface area (Å²) >= 11 is 0.